The first kappa shape index (κ1) is 14.6. The van der Waals surface area contributed by atoms with Gasteiger partial charge in [-0.15, -0.1) is 0 Å². The number of thioether (sulfide) groups is 1. The van der Waals surface area contributed by atoms with Gasteiger partial charge in [-0.2, -0.15) is 11.8 Å². The molecule has 0 spiro atoms. The summed E-state index contributed by atoms with van der Waals surface area (Å²) < 4.78 is 0.898. The Bertz CT molecular complexity index is 348. The largest absolute Gasteiger partial charge is 0.369 e. The van der Waals surface area contributed by atoms with Gasteiger partial charge in [-0.05, 0) is 35.5 Å². The predicted octanol–water partition coefficient (Wildman–Crippen LogP) is 3.22. The first-order valence-electron chi connectivity index (χ1n) is 5.77. The van der Waals surface area contributed by atoms with Crippen LogP contribution in [0.2, 0.25) is 0 Å². The molecule has 0 amide bonds. The van der Waals surface area contributed by atoms with Crippen molar-refractivity contribution in [3.05, 3.63) is 10.8 Å². The van der Waals surface area contributed by atoms with E-state index in [-0.39, 0.29) is 0 Å². The van der Waals surface area contributed by atoms with E-state index < -0.39 is 0 Å². The van der Waals surface area contributed by atoms with E-state index in [0.29, 0.717) is 6.04 Å². The van der Waals surface area contributed by atoms with Crippen LogP contribution in [0.4, 0.5) is 11.6 Å². The highest BCUT2D eigenvalue weighted by Gasteiger charge is 2.10. The zero-order chi connectivity index (χ0) is 12.7. The zero-order valence-electron chi connectivity index (χ0n) is 10.5. The average Bonchev–Trinajstić information content (AvgIpc) is 2.32. The molecule has 1 aromatic rings. The molecule has 0 saturated carbocycles. The van der Waals surface area contributed by atoms with Gasteiger partial charge in [-0.3, -0.25) is 0 Å². The van der Waals surface area contributed by atoms with Gasteiger partial charge in [-0.1, -0.05) is 6.92 Å². The molecule has 1 aromatic heterocycles. The highest BCUT2D eigenvalue weighted by atomic mass is 79.9. The standard InChI is InChI=1S/C11H19BrN4S/c1-4-13-10-9(12)11(15-7-14-10)16-8(3)6-17-5-2/h7-8H,4-6H2,1-3H3,(H2,13,14,15,16). The van der Waals surface area contributed by atoms with Crippen LogP contribution in [0.3, 0.4) is 0 Å². The molecule has 0 aromatic carbocycles. The van der Waals surface area contributed by atoms with E-state index >= 15 is 0 Å². The summed E-state index contributed by atoms with van der Waals surface area (Å²) in [6.07, 6.45) is 1.57. The number of hydrogen-bond acceptors (Lipinski definition) is 5. The molecule has 1 unspecified atom stereocenters. The normalized spacial score (nSPS) is 12.2. The fraction of sp³-hybridized carbons (Fsp3) is 0.636. The second-order valence-electron chi connectivity index (χ2n) is 3.62. The van der Waals surface area contributed by atoms with E-state index in [1.807, 2.05) is 18.7 Å². The highest BCUT2D eigenvalue weighted by molar-refractivity contribution is 9.10. The quantitative estimate of drug-likeness (QED) is 0.808. The maximum absolute atomic E-state index is 4.25. The number of hydrogen-bond donors (Lipinski definition) is 2. The van der Waals surface area contributed by atoms with Gasteiger partial charge in [-0.25, -0.2) is 9.97 Å². The minimum Gasteiger partial charge on any atom is -0.369 e. The van der Waals surface area contributed by atoms with Gasteiger partial charge >= 0.3 is 0 Å². The van der Waals surface area contributed by atoms with Crippen LogP contribution in [0.25, 0.3) is 0 Å². The van der Waals surface area contributed by atoms with Crippen LogP contribution in [0, 0.1) is 0 Å². The lowest BCUT2D eigenvalue weighted by Crippen LogP contribution is -2.19. The Hall–Kier alpha value is -0.490. The average molecular weight is 319 g/mol. The van der Waals surface area contributed by atoms with Crippen molar-refractivity contribution in [1.82, 2.24) is 9.97 Å². The van der Waals surface area contributed by atoms with E-state index in [9.17, 15) is 0 Å². The minimum atomic E-state index is 0.389. The van der Waals surface area contributed by atoms with Crippen molar-refractivity contribution >= 4 is 39.3 Å². The van der Waals surface area contributed by atoms with Gasteiger partial charge in [0.2, 0.25) is 0 Å². The lowest BCUT2D eigenvalue weighted by molar-refractivity contribution is 0.896. The molecule has 17 heavy (non-hydrogen) atoms. The third kappa shape index (κ3) is 4.71. The smallest absolute Gasteiger partial charge is 0.146 e. The fourth-order valence-corrected chi connectivity index (χ4v) is 2.46. The van der Waals surface area contributed by atoms with Gasteiger partial charge in [0.1, 0.15) is 22.4 Å². The van der Waals surface area contributed by atoms with Gasteiger partial charge in [0.05, 0.1) is 0 Å². The van der Waals surface area contributed by atoms with Crippen molar-refractivity contribution in [3.8, 4) is 0 Å². The Kier molecular flexibility index (Phi) is 6.65. The van der Waals surface area contributed by atoms with Crippen molar-refractivity contribution in [2.45, 2.75) is 26.8 Å². The lowest BCUT2D eigenvalue weighted by atomic mass is 10.4. The monoisotopic (exact) mass is 318 g/mol. The van der Waals surface area contributed by atoms with Gasteiger partial charge in [0.25, 0.3) is 0 Å². The van der Waals surface area contributed by atoms with Crippen LogP contribution in [-0.2, 0) is 0 Å². The summed E-state index contributed by atoms with van der Waals surface area (Å²) in [6.45, 7) is 7.21. The van der Waals surface area contributed by atoms with E-state index in [1.54, 1.807) is 6.33 Å². The van der Waals surface area contributed by atoms with Crippen LogP contribution in [0.15, 0.2) is 10.8 Å². The third-order valence-electron chi connectivity index (χ3n) is 2.09. The van der Waals surface area contributed by atoms with Crippen molar-refractivity contribution in [1.29, 1.82) is 0 Å². The van der Waals surface area contributed by atoms with E-state index in [2.05, 4.69) is 50.4 Å². The molecule has 1 rings (SSSR count). The number of rotatable bonds is 7. The van der Waals surface area contributed by atoms with Crippen molar-refractivity contribution in [2.75, 3.05) is 28.7 Å². The van der Waals surface area contributed by atoms with Crippen molar-refractivity contribution < 1.29 is 0 Å². The molecule has 96 valence electrons. The number of halogens is 1. The van der Waals surface area contributed by atoms with E-state index in [1.165, 1.54) is 0 Å². The molecule has 0 radical (unpaired) electrons. The highest BCUT2D eigenvalue weighted by Crippen LogP contribution is 2.27. The number of aromatic nitrogens is 2. The summed E-state index contributed by atoms with van der Waals surface area (Å²) in [6, 6.07) is 0.389. The molecule has 0 bridgehead atoms. The van der Waals surface area contributed by atoms with Crippen LogP contribution in [-0.4, -0.2) is 34.1 Å². The molecule has 6 heteroatoms. The number of anilines is 2. The molecule has 0 aliphatic carbocycles. The Morgan fingerprint density at radius 1 is 1.35 bits per heavy atom. The van der Waals surface area contributed by atoms with Crippen molar-refractivity contribution in [3.63, 3.8) is 0 Å². The molecule has 1 atom stereocenters. The van der Waals surface area contributed by atoms with Crippen LogP contribution < -0.4 is 10.6 Å². The minimum absolute atomic E-state index is 0.389. The zero-order valence-corrected chi connectivity index (χ0v) is 12.9. The SMILES string of the molecule is CCNc1ncnc(NC(C)CSCC)c1Br. The first-order chi connectivity index (χ1) is 8.19. The Morgan fingerprint density at radius 2 is 2.06 bits per heavy atom. The van der Waals surface area contributed by atoms with Gasteiger partial charge in [0, 0.05) is 18.3 Å². The van der Waals surface area contributed by atoms with Gasteiger partial charge < -0.3 is 10.6 Å². The lowest BCUT2D eigenvalue weighted by Gasteiger charge is -2.16. The topological polar surface area (TPSA) is 49.8 Å². The maximum Gasteiger partial charge on any atom is 0.146 e. The molecule has 0 aliphatic rings. The Balaban J connectivity index is 2.67. The number of nitrogens with one attached hydrogen (secondary N) is 2. The molecule has 4 nitrogen and oxygen atoms in total. The van der Waals surface area contributed by atoms with Crippen molar-refractivity contribution in [2.24, 2.45) is 0 Å². The van der Waals surface area contributed by atoms with Gasteiger partial charge in [0.15, 0.2) is 0 Å². The van der Waals surface area contributed by atoms with E-state index in [0.717, 1.165) is 34.2 Å². The molecular formula is C11H19BrN4S. The van der Waals surface area contributed by atoms with Crippen LogP contribution in [0.1, 0.15) is 20.8 Å². The summed E-state index contributed by atoms with van der Waals surface area (Å²) in [7, 11) is 0. The Labute approximate surface area is 116 Å². The first-order valence-corrected chi connectivity index (χ1v) is 7.72. The molecule has 2 N–H and O–H groups in total. The Morgan fingerprint density at radius 3 is 2.71 bits per heavy atom. The summed E-state index contributed by atoms with van der Waals surface area (Å²) >= 11 is 5.44. The second kappa shape index (κ2) is 7.76. The number of nitrogens with zero attached hydrogens (tertiary/aromatic N) is 2. The summed E-state index contributed by atoms with van der Waals surface area (Å²) in [5, 5.41) is 6.57. The van der Waals surface area contributed by atoms with E-state index in [4.69, 9.17) is 0 Å². The second-order valence-corrected chi connectivity index (χ2v) is 5.73. The molecular weight excluding hydrogens is 300 g/mol. The predicted molar refractivity (Wildman–Crippen MR) is 80.0 cm³/mol. The van der Waals surface area contributed by atoms with Crippen LogP contribution >= 0.6 is 27.7 Å². The van der Waals surface area contributed by atoms with Crippen LogP contribution in [0.5, 0.6) is 0 Å². The summed E-state index contributed by atoms with van der Waals surface area (Å²) in [5.41, 5.74) is 0. The maximum atomic E-state index is 4.25. The summed E-state index contributed by atoms with van der Waals surface area (Å²) in [4.78, 5) is 8.43. The fourth-order valence-electron chi connectivity index (χ4n) is 1.33. The molecule has 0 aliphatic heterocycles. The molecule has 0 fully saturated rings. The summed E-state index contributed by atoms with van der Waals surface area (Å²) in [5.74, 6) is 3.89. The molecule has 1 heterocycles. The molecule has 0 saturated heterocycles. The third-order valence-corrected chi connectivity index (χ3v) is 3.98.